The second kappa shape index (κ2) is 5.19. The number of hydrogen-bond acceptors (Lipinski definition) is 2. The standard InChI is InChI=1S/C14H13ClN2O/c1-9-4-11(14(16)18)2-3-13(9)12-5-10(6-15)7-17-8-12/h2-5,7-8H,6H2,1H3,(H2,16,18). The van der Waals surface area contributed by atoms with Gasteiger partial charge in [0.2, 0.25) is 5.91 Å². The Hall–Kier alpha value is -1.87. The van der Waals surface area contributed by atoms with Gasteiger partial charge in [0.1, 0.15) is 0 Å². The molecule has 1 amide bonds. The van der Waals surface area contributed by atoms with Gasteiger partial charge < -0.3 is 5.73 Å². The van der Waals surface area contributed by atoms with Crippen LogP contribution >= 0.6 is 11.6 Å². The molecule has 0 atom stereocenters. The van der Waals surface area contributed by atoms with E-state index >= 15 is 0 Å². The van der Waals surface area contributed by atoms with Crippen LogP contribution in [-0.4, -0.2) is 10.9 Å². The Bertz CT molecular complexity index is 596. The second-order valence-corrected chi connectivity index (χ2v) is 4.38. The fourth-order valence-corrected chi connectivity index (χ4v) is 1.99. The maximum atomic E-state index is 11.1. The van der Waals surface area contributed by atoms with E-state index in [1.54, 1.807) is 24.5 Å². The minimum absolute atomic E-state index is 0.419. The lowest BCUT2D eigenvalue weighted by Crippen LogP contribution is -2.10. The van der Waals surface area contributed by atoms with Gasteiger partial charge in [0.25, 0.3) is 0 Å². The number of nitrogens with zero attached hydrogens (tertiary/aromatic N) is 1. The summed E-state index contributed by atoms with van der Waals surface area (Å²) in [5.41, 5.74) is 9.73. The lowest BCUT2D eigenvalue weighted by Gasteiger charge is -2.08. The summed E-state index contributed by atoms with van der Waals surface area (Å²) in [7, 11) is 0. The molecule has 1 aromatic carbocycles. The molecule has 0 unspecified atom stereocenters. The van der Waals surface area contributed by atoms with E-state index in [2.05, 4.69) is 4.98 Å². The summed E-state index contributed by atoms with van der Waals surface area (Å²) in [5, 5.41) is 0. The highest BCUT2D eigenvalue weighted by Gasteiger charge is 2.07. The van der Waals surface area contributed by atoms with E-state index in [1.165, 1.54) is 0 Å². The van der Waals surface area contributed by atoms with Crippen molar-refractivity contribution in [3.05, 3.63) is 53.3 Å². The van der Waals surface area contributed by atoms with Crippen LogP contribution in [0.15, 0.2) is 36.7 Å². The molecule has 0 aliphatic carbocycles. The van der Waals surface area contributed by atoms with E-state index in [4.69, 9.17) is 17.3 Å². The molecular weight excluding hydrogens is 248 g/mol. The van der Waals surface area contributed by atoms with Gasteiger partial charge in [0.15, 0.2) is 0 Å². The Morgan fingerprint density at radius 1 is 1.33 bits per heavy atom. The number of aromatic nitrogens is 1. The molecule has 1 aromatic heterocycles. The van der Waals surface area contributed by atoms with E-state index in [1.807, 2.05) is 19.1 Å². The molecule has 0 spiro atoms. The molecule has 0 fully saturated rings. The van der Waals surface area contributed by atoms with Gasteiger partial charge in [-0.05, 0) is 41.8 Å². The van der Waals surface area contributed by atoms with Gasteiger partial charge >= 0.3 is 0 Å². The molecular formula is C14H13ClN2O. The molecule has 0 aliphatic rings. The van der Waals surface area contributed by atoms with Gasteiger partial charge in [-0.3, -0.25) is 9.78 Å². The molecule has 18 heavy (non-hydrogen) atoms. The average Bonchev–Trinajstić information content (AvgIpc) is 2.38. The third-order valence-electron chi connectivity index (χ3n) is 2.77. The van der Waals surface area contributed by atoms with Crippen LogP contribution < -0.4 is 5.73 Å². The van der Waals surface area contributed by atoms with Crippen molar-refractivity contribution in [2.45, 2.75) is 12.8 Å². The Kier molecular flexibility index (Phi) is 3.63. The molecule has 2 N–H and O–H groups in total. The van der Waals surface area contributed by atoms with Crippen LogP contribution in [0.1, 0.15) is 21.5 Å². The SMILES string of the molecule is Cc1cc(C(N)=O)ccc1-c1cncc(CCl)c1. The van der Waals surface area contributed by atoms with Crippen molar-refractivity contribution in [3.8, 4) is 11.1 Å². The smallest absolute Gasteiger partial charge is 0.248 e. The molecule has 1 heterocycles. The van der Waals surface area contributed by atoms with Crippen molar-refractivity contribution < 1.29 is 4.79 Å². The van der Waals surface area contributed by atoms with E-state index in [9.17, 15) is 4.79 Å². The van der Waals surface area contributed by atoms with Crippen LogP contribution in [0.4, 0.5) is 0 Å². The van der Waals surface area contributed by atoms with E-state index < -0.39 is 5.91 Å². The number of alkyl halides is 1. The Morgan fingerprint density at radius 2 is 2.11 bits per heavy atom. The van der Waals surface area contributed by atoms with Crippen LogP contribution in [0.5, 0.6) is 0 Å². The van der Waals surface area contributed by atoms with Crippen molar-refractivity contribution in [2.75, 3.05) is 0 Å². The maximum absolute atomic E-state index is 11.1. The molecule has 2 aromatic rings. The summed E-state index contributed by atoms with van der Waals surface area (Å²) in [6, 6.07) is 7.37. The molecule has 92 valence electrons. The minimum atomic E-state index is -0.419. The van der Waals surface area contributed by atoms with Gasteiger partial charge in [-0.15, -0.1) is 11.6 Å². The highest BCUT2D eigenvalue weighted by atomic mass is 35.5. The monoisotopic (exact) mass is 260 g/mol. The predicted molar refractivity (Wildman–Crippen MR) is 72.5 cm³/mol. The van der Waals surface area contributed by atoms with Crippen molar-refractivity contribution in [1.82, 2.24) is 4.98 Å². The highest BCUT2D eigenvalue weighted by Crippen LogP contribution is 2.24. The second-order valence-electron chi connectivity index (χ2n) is 4.11. The number of rotatable bonds is 3. The lowest BCUT2D eigenvalue weighted by molar-refractivity contribution is 0.1000. The van der Waals surface area contributed by atoms with Gasteiger partial charge in [0.05, 0.1) is 0 Å². The van der Waals surface area contributed by atoms with Crippen molar-refractivity contribution >= 4 is 17.5 Å². The van der Waals surface area contributed by atoms with E-state index in [-0.39, 0.29) is 0 Å². The zero-order valence-corrected chi connectivity index (χ0v) is 10.7. The number of primary amides is 1. The first-order chi connectivity index (χ1) is 8.61. The Balaban J connectivity index is 2.47. The third-order valence-corrected chi connectivity index (χ3v) is 3.08. The fraction of sp³-hybridized carbons (Fsp3) is 0.143. The topological polar surface area (TPSA) is 56.0 Å². The normalized spacial score (nSPS) is 10.3. The third kappa shape index (κ3) is 2.51. The molecule has 0 aliphatic heterocycles. The number of aryl methyl sites for hydroxylation is 1. The molecule has 0 radical (unpaired) electrons. The van der Waals surface area contributed by atoms with Crippen LogP contribution in [-0.2, 0) is 5.88 Å². The zero-order valence-electron chi connectivity index (χ0n) is 9.98. The zero-order chi connectivity index (χ0) is 13.1. The first-order valence-corrected chi connectivity index (χ1v) is 6.06. The summed E-state index contributed by atoms with van der Waals surface area (Å²) in [5.74, 6) is 0.0106. The van der Waals surface area contributed by atoms with Gasteiger partial charge in [-0.25, -0.2) is 0 Å². The number of carbonyl (C=O) groups is 1. The van der Waals surface area contributed by atoms with Crippen LogP contribution in [0.3, 0.4) is 0 Å². The van der Waals surface area contributed by atoms with Crippen LogP contribution in [0.25, 0.3) is 11.1 Å². The summed E-state index contributed by atoms with van der Waals surface area (Å²) < 4.78 is 0. The summed E-state index contributed by atoms with van der Waals surface area (Å²) in [6.45, 7) is 1.94. The Morgan fingerprint density at radius 3 is 2.72 bits per heavy atom. The van der Waals surface area contributed by atoms with Crippen molar-refractivity contribution in [3.63, 3.8) is 0 Å². The number of nitrogens with two attached hydrogens (primary N) is 1. The summed E-state index contributed by atoms with van der Waals surface area (Å²) >= 11 is 5.79. The number of halogens is 1. The van der Waals surface area contributed by atoms with Crippen molar-refractivity contribution in [1.29, 1.82) is 0 Å². The van der Waals surface area contributed by atoms with Gasteiger partial charge in [-0.2, -0.15) is 0 Å². The molecule has 3 nitrogen and oxygen atoms in total. The molecule has 0 bridgehead atoms. The molecule has 2 rings (SSSR count). The first kappa shape index (κ1) is 12.6. The molecule has 4 heteroatoms. The fourth-order valence-electron chi connectivity index (χ4n) is 1.85. The molecule has 0 saturated heterocycles. The summed E-state index contributed by atoms with van der Waals surface area (Å²) in [4.78, 5) is 15.2. The van der Waals surface area contributed by atoms with Crippen molar-refractivity contribution in [2.24, 2.45) is 5.73 Å². The van der Waals surface area contributed by atoms with Crippen LogP contribution in [0, 0.1) is 6.92 Å². The first-order valence-electron chi connectivity index (χ1n) is 5.52. The maximum Gasteiger partial charge on any atom is 0.248 e. The lowest BCUT2D eigenvalue weighted by atomic mass is 9.99. The van der Waals surface area contributed by atoms with E-state index in [0.717, 1.165) is 22.3 Å². The van der Waals surface area contributed by atoms with Gasteiger partial charge in [-0.1, -0.05) is 6.07 Å². The number of hydrogen-bond donors (Lipinski definition) is 1. The van der Waals surface area contributed by atoms with Crippen LogP contribution in [0.2, 0.25) is 0 Å². The summed E-state index contributed by atoms with van der Waals surface area (Å²) in [6.07, 6.45) is 3.52. The van der Waals surface area contributed by atoms with E-state index in [0.29, 0.717) is 11.4 Å². The minimum Gasteiger partial charge on any atom is -0.366 e. The largest absolute Gasteiger partial charge is 0.366 e. The Labute approximate surface area is 111 Å². The number of pyridine rings is 1. The highest BCUT2D eigenvalue weighted by molar-refractivity contribution is 6.17. The number of amides is 1. The predicted octanol–water partition coefficient (Wildman–Crippen LogP) is 2.89. The van der Waals surface area contributed by atoms with Gasteiger partial charge in [0, 0.05) is 29.4 Å². The number of benzene rings is 1. The quantitative estimate of drug-likeness (QED) is 0.863. The average molecular weight is 261 g/mol. The number of carbonyl (C=O) groups excluding carboxylic acids is 1. The molecule has 0 saturated carbocycles.